The van der Waals surface area contributed by atoms with Crippen LogP contribution in [0.15, 0.2) is 24.3 Å². The average Bonchev–Trinajstić information content (AvgIpc) is 2.91. The van der Waals surface area contributed by atoms with Gasteiger partial charge in [-0.25, -0.2) is 9.18 Å². The predicted octanol–water partition coefficient (Wildman–Crippen LogP) is 2.73. The fourth-order valence-corrected chi connectivity index (χ4v) is 6.64. The fraction of sp³-hybridized carbons (Fsp3) is 0.733. The van der Waals surface area contributed by atoms with Crippen molar-refractivity contribution in [3.63, 3.8) is 0 Å². The minimum Gasteiger partial charge on any atom is -0.379 e. The Balaban J connectivity index is 1.15. The van der Waals surface area contributed by atoms with E-state index in [9.17, 15) is 14.0 Å². The van der Waals surface area contributed by atoms with Crippen molar-refractivity contribution in [2.24, 2.45) is 17.8 Å². The van der Waals surface area contributed by atoms with Gasteiger partial charge in [0.25, 0.3) is 0 Å². The van der Waals surface area contributed by atoms with E-state index < -0.39 is 0 Å². The highest BCUT2D eigenvalue weighted by Gasteiger charge is 2.37. The van der Waals surface area contributed by atoms with Crippen LogP contribution < -0.4 is 10.6 Å². The van der Waals surface area contributed by atoms with Crippen LogP contribution in [0, 0.1) is 23.6 Å². The lowest BCUT2D eigenvalue weighted by Gasteiger charge is -2.44. The van der Waals surface area contributed by atoms with E-state index >= 15 is 0 Å². The number of carbonyl (C=O) groups is 2. The van der Waals surface area contributed by atoms with Crippen molar-refractivity contribution in [3.05, 3.63) is 35.6 Å². The molecule has 4 aliphatic rings. The van der Waals surface area contributed by atoms with Crippen LogP contribution in [-0.4, -0.2) is 105 Å². The Morgan fingerprint density at radius 1 is 0.923 bits per heavy atom. The van der Waals surface area contributed by atoms with E-state index in [-0.39, 0.29) is 29.7 Å². The molecule has 8 nitrogen and oxygen atoms in total. The van der Waals surface area contributed by atoms with Gasteiger partial charge in [0, 0.05) is 58.3 Å². The Morgan fingerprint density at radius 2 is 1.72 bits per heavy atom. The highest BCUT2D eigenvalue weighted by molar-refractivity contribution is 5.80. The molecule has 39 heavy (non-hydrogen) atoms. The summed E-state index contributed by atoms with van der Waals surface area (Å²) in [6.45, 7) is 9.15. The van der Waals surface area contributed by atoms with Gasteiger partial charge in [-0.2, -0.15) is 0 Å². The minimum absolute atomic E-state index is 0.0522. The highest BCUT2D eigenvalue weighted by atomic mass is 19.1. The average molecular weight is 544 g/mol. The summed E-state index contributed by atoms with van der Waals surface area (Å²) in [6, 6.07) is 6.72. The number of hydrogen-bond acceptors (Lipinski definition) is 5. The van der Waals surface area contributed by atoms with Gasteiger partial charge in [0.1, 0.15) is 5.82 Å². The first-order valence-electron chi connectivity index (χ1n) is 15.1. The van der Waals surface area contributed by atoms with Crippen molar-refractivity contribution < 1.29 is 18.7 Å². The Morgan fingerprint density at radius 3 is 2.46 bits per heavy atom. The molecule has 1 aromatic carbocycles. The summed E-state index contributed by atoms with van der Waals surface area (Å²) >= 11 is 0. The number of piperidine rings is 2. The molecule has 3 saturated heterocycles. The summed E-state index contributed by atoms with van der Waals surface area (Å²) < 4.78 is 18.7. The Hall–Kier alpha value is -2.23. The summed E-state index contributed by atoms with van der Waals surface area (Å²) in [5.74, 6) is 1.13. The molecule has 0 bridgehead atoms. The van der Waals surface area contributed by atoms with Gasteiger partial charge in [0.05, 0.1) is 19.3 Å². The lowest BCUT2D eigenvalue weighted by molar-refractivity contribution is -0.140. The molecule has 1 unspecified atom stereocenters. The highest BCUT2D eigenvalue weighted by Crippen LogP contribution is 2.31. The maximum absolute atomic E-state index is 13.3. The third-order valence-electron chi connectivity index (χ3n) is 9.19. The zero-order valence-corrected chi connectivity index (χ0v) is 23.3. The lowest BCUT2D eigenvalue weighted by Crippen LogP contribution is -2.59. The van der Waals surface area contributed by atoms with E-state index in [4.69, 9.17) is 4.74 Å². The summed E-state index contributed by atoms with van der Waals surface area (Å²) in [5.41, 5.74) is 1.19. The van der Waals surface area contributed by atoms with E-state index in [1.54, 1.807) is 12.1 Å². The van der Waals surface area contributed by atoms with Gasteiger partial charge in [-0.05, 0) is 74.6 Å². The van der Waals surface area contributed by atoms with Gasteiger partial charge in [-0.15, -0.1) is 0 Å². The number of nitrogens with zero attached hydrogens (tertiary/aromatic N) is 3. The normalized spacial score (nSPS) is 27.1. The van der Waals surface area contributed by atoms with Crippen molar-refractivity contribution in [3.8, 4) is 0 Å². The molecule has 0 radical (unpaired) electrons. The fourth-order valence-electron chi connectivity index (χ4n) is 6.64. The molecule has 1 saturated carbocycles. The Kier molecular flexibility index (Phi) is 10.1. The number of likely N-dealkylation sites (tertiary alicyclic amines) is 2. The van der Waals surface area contributed by atoms with Gasteiger partial charge in [-0.3, -0.25) is 9.69 Å². The number of amides is 3. The van der Waals surface area contributed by atoms with Crippen LogP contribution in [0.1, 0.15) is 44.1 Å². The SMILES string of the molecule is O=C(NCCN1CCOCC1)N[C@H]1CN(C(=O)C2CCC2)CC[C@H]1CN1CCCC(Cc2ccc(F)cc2)C1. The number of halogens is 1. The third kappa shape index (κ3) is 8.14. The smallest absolute Gasteiger partial charge is 0.315 e. The van der Waals surface area contributed by atoms with E-state index in [0.717, 1.165) is 97.6 Å². The number of carbonyl (C=O) groups excluding carboxylic acids is 2. The molecule has 3 aliphatic heterocycles. The molecular weight excluding hydrogens is 497 g/mol. The lowest BCUT2D eigenvalue weighted by atomic mass is 9.82. The zero-order chi connectivity index (χ0) is 27.0. The standard InChI is InChI=1S/C30H46FN5O3/c31-27-8-6-23(7-9-27)19-24-3-2-12-35(20-24)21-26-10-13-36(29(37)25-4-1-5-25)22-28(26)33-30(38)32-11-14-34-15-17-39-18-16-34/h6-9,24-26,28H,1-5,10-22H2,(H2,32,33,38)/t24?,26-,28-/m0/s1. The monoisotopic (exact) mass is 543 g/mol. The van der Waals surface area contributed by atoms with E-state index in [1.807, 2.05) is 17.0 Å². The predicted molar refractivity (Wildman–Crippen MR) is 149 cm³/mol. The summed E-state index contributed by atoms with van der Waals surface area (Å²) in [4.78, 5) is 32.8. The Labute approximate surface area is 232 Å². The van der Waals surface area contributed by atoms with Crippen LogP contribution in [-0.2, 0) is 16.0 Å². The van der Waals surface area contributed by atoms with Crippen LogP contribution in [0.2, 0.25) is 0 Å². The van der Waals surface area contributed by atoms with Crippen molar-refractivity contribution in [2.45, 2.75) is 51.0 Å². The first-order valence-corrected chi connectivity index (χ1v) is 15.1. The number of urea groups is 1. The molecule has 3 amide bonds. The number of ether oxygens (including phenoxy) is 1. The van der Waals surface area contributed by atoms with Gasteiger partial charge >= 0.3 is 6.03 Å². The summed E-state index contributed by atoms with van der Waals surface area (Å²) in [7, 11) is 0. The number of hydrogen-bond donors (Lipinski definition) is 2. The molecule has 216 valence electrons. The van der Waals surface area contributed by atoms with Crippen LogP contribution in [0.5, 0.6) is 0 Å². The largest absolute Gasteiger partial charge is 0.379 e. The van der Waals surface area contributed by atoms with Crippen LogP contribution in [0.4, 0.5) is 9.18 Å². The first-order chi connectivity index (χ1) is 19.0. The number of nitrogens with one attached hydrogen (secondary N) is 2. The topological polar surface area (TPSA) is 77.2 Å². The summed E-state index contributed by atoms with van der Waals surface area (Å²) in [5, 5.41) is 6.32. The van der Waals surface area contributed by atoms with Gasteiger partial charge in [-0.1, -0.05) is 18.6 Å². The molecule has 2 N–H and O–H groups in total. The maximum atomic E-state index is 13.3. The van der Waals surface area contributed by atoms with Crippen LogP contribution in [0.25, 0.3) is 0 Å². The quantitative estimate of drug-likeness (QED) is 0.501. The van der Waals surface area contributed by atoms with Crippen molar-refractivity contribution >= 4 is 11.9 Å². The second-order valence-corrected chi connectivity index (χ2v) is 12.0. The molecule has 4 fully saturated rings. The molecule has 0 spiro atoms. The Bertz CT molecular complexity index is 937. The molecule has 5 rings (SSSR count). The van der Waals surface area contributed by atoms with Gasteiger partial charge < -0.3 is 25.2 Å². The molecule has 9 heteroatoms. The summed E-state index contributed by atoms with van der Waals surface area (Å²) in [6.07, 6.45) is 7.38. The second-order valence-electron chi connectivity index (χ2n) is 12.0. The van der Waals surface area contributed by atoms with Gasteiger partial charge in [0.2, 0.25) is 5.91 Å². The molecule has 1 aromatic rings. The third-order valence-corrected chi connectivity index (χ3v) is 9.19. The van der Waals surface area contributed by atoms with E-state index in [2.05, 4.69) is 20.4 Å². The second kappa shape index (κ2) is 13.9. The maximum Gasteiger partial charge on any atom is 0.315 e. The molecular formula is C30H46FN5O3. The number of rotatable bonds is 9. The number of morpholine rings is 1. The van der Waals surface area contributed by atoms with E-state index in [1.165, 1.54) is 12.0 Å². The molecule has 3 heterocycles. The van der Waals surface area contributed by atoms with Crippen LogP contribution in [0.3, 0.4) is 0 Å². The zero-order valence-electron chi connectivity index (χ0n) is 23.3. The van der Waals surface area contributed by atoms with Crippen molar-refractivity contribution in [1.82, 2.24) is 25.3 Å². The number of benzene rings is 1. The minimum atomic E-state index is -0.185. The molecule has 0 aromatic heterocycles. The first kappa shape index (κ1) is 28.3. The van der Waals surface area contributed by atoms with Gasteiger partial charge in [0.15, 0.2) is 0 Å². The van der Waals surface area contributed by atoms with Crippen LogP contribution >= 0.6 is 0 Å². The molecule has 1 aliphatic carbocycles. The van der Waals surface area contributed by atoms with Crippen molar-refractivity contribution in [2.75, 3.05) is 72.1 Å². The molecule has 3 atom stereocenters. The van der Waals surface area contributed by atoms with E-state index in [0.29, 0.717) is 24.9 Å². The van der Waals surface area contributed by atoms with Crippen molar-refractivity contribution in [1.29, 1.82) is 0 Å².